The van der Waals surface area contributed by atoms with Gasteiger partial charge >= 0.3 is 6.18 Å². The van der Waals surface area contributed by atoms with Crippen LogP contribution in [0.4, 0.5) is 18.9 Å². The van der Waals surface area contributed by atoms with Gasteiger partial charge in [-0.15, -0.1) is 0 Å². The molecule has 0 amide bonds. The van der Waals surface area contributed by atoms with Crippen LogP contribution in [0.15, 0.2) is 18.2 Å². The number of anilines is 1. The largest absolute Gasteiger partial charge is 0.418 e. The van der Waals surface area contributed by atoms with Gasteiger partial charge in [0.05, 0.1) is 5.56 Å². The lowest BCUT2D eigenvalue weighted by molar-refractivity contribution is -0.137. The molecule has 1 saturated carbocycles. The first-order valence-electron chi connectivity index (χ1n) is 7.40. The molecule has 118 valence electrons. The second kappa shape index (κ2) is 6.47. The molecule has 1 aliphatic carbocycles. The third-order valence-electron chi connectivity index (χ3n) is 4.30. The molecule has 2 rings (SSSR count). The summed E-state index contributed by atoms with van der Waals surface area (Å²) >= 11 is 5.70. The fraction of sp³-hybridized carbons (Fsp3) is 0.625. The predicted molar refractivity (Wildman–Crippen MR) is 80.7 cm³/mol. The van der Waals surface area contributed by atoms with Crippen LogP contribution in [0.1, 0.15) is 45.1 Å². The van der Waals surface area contributed by atoms with Crippen molar-refractivity contribution in [2.75, 3.05) is 5.32 Å². The molecule has 0 heterocycles. The highest BCUT2D eigenvalue weighted by Gasteiger charge is 2.34. The minimum Gasteiger partial charge on any atom is -0.382 e. The Kier molecular flexibility index (Phi) is 5.07. The van der Waals surface area contributed by atoms with Crippen molar-refractivity contribution in [3.63, 3.8) is 0 Å². The molecule has 2 unspecified atom stereocenters. The van der Waals surface area contributed by atoms with Gasteiger partial charge in [0.1, 0.15) is 0 Å². The zero-order valence-electron chi connectivity index (χ0n) is 12.3. The average Bonchev–Trinajstić information content (AvgIpc) is 2.40. The molecule has 0 aromatic heterocycles. The summed E-state index contributed by atoms with van der Waals surface area (Å²) in [6, 6.07) is 4.03. The van der Waals surface area contributed by atoms with Gasteiger partial charge in [0.2, 0.25) is 0 Å². The van der Waals surface area contributed by atoms with Gasteiger partial charge in [-0.25, -0.2) is 0 Å². The molecule has 1 N–H and O–H groups in total. The summed E-state index contributed by atoms with van der Waals surface area (Å²) in [5, 5.41) is 3.20. The maximum absolute atomic E-state index is 13.1. The topological polar surface area (TPSA) is 12.0 Å². The van der Waals surface area contributed by atoms with Gasteiger partial charge in [-0.3, -0.25) is 0 Å². The molecule has 0 saturated heterocycles. The maximum atomic E-state index is 13.1. The fourth-order valence-electron chi connectivity index (χ4n) is 3.06. The molecule has 21 heavy (non-hydrogen) atoms. The number of benzene rings is 1. The van der Waals surface area contributed by atoms with E-state index in [-0.39, 0.29) is 16.8 Å². The van der Waals surface area contributed by atoms with E-state index in [1.54, 1.807) is 0 Å². The van der Waals surface area contributed by atoms with Crippen LogP contribution >= 0.6 is 11.6 Å². The van der Waals surface area contributed by atoms with Crippen molar-refractivity contribution in [2.24, 2.45) is 11.8 Å². The van der Waals surface area contributed by atoms with Gasteiger partial charge in [0, 0.05) is 16.8 Å². The molecule has 1 aromatic carbocycles. The first kappa shape index (κ1) is 16.5. The van der Waals surface area contributed by atoms with Crippen molar-refractivity contribution in [1.82, 2.24) is 0 Å². The maximum Gasteiger partial charge on any atom is 0.418 e. The number of halogens is 4. The van der Waals surface area contributed by atoms with Crippen LogP contribution in [0.3, 0.4) is 0 Å². The van der Waals surface area contributed by atoms with Crippen LogP contribution in [0.5, 0.6) is 0 Å². The highest BCUT2D eigenvalue weighted by molar-refractivity contribution is 6.30. The molecule has 0 aliphatic heterocycles. The molecular formula is C16H21ClF3N. The summed E-state index contributed by atoms with van der Waals surface area (Å²) in [5.41, 5.74) is -0.539. The number of rotatable bonds is 3. The zero-order valence-corrected chi connectivity index (χ0v) is 13.1. The van der Waals surface area contributed by atoms with E-state index in [4.69, 9.17) is 11.6 Å². The summed E-state index contributed by atoms with van der Waals surface area (Å²) in [4.78, 5) is 0. The van der Waals surface area contributed by atoms with Crippen LogP contribution < -0.4 is 5.32 Å². The van der Waals surface area contributed by atoms with E-state index in [9.17, 15) is 13.2 Å². The molecule has 0 radical (unpaired) electrons. The average molecular weight is 320 g/mol. The number of nitrogens with one attached hydrogen (secondary N) is 1. The Balaban J connectivity index is 2.16. The van der Waals surface area contributed by atoms with Crippen molar-refractivity contribution < 1.29 is 13.2 Å². The lowest BCUT2D eigenvalue weighted by atomic mass is 9.79. The first-order chi connectivity index (χ1) is 9.77. The van der Waals surface area contributed by atoms with E-state index < -0.39 is 11.7 Å². The number of hydrogen-bond acceptors (Lipinski definition) is 1. The Morgan fingerprint density at radius 3 is 2.57 bits per heavy atom. The molecular weight excluding hydrogens is 299 g/mol. The predicted octanol–water partition coefficient (Wildman–Crippen LogP) is 5.99. The summed E-state index contributed by atoms with van der Waals surface area (Å²) < 4.78 is 39.3. The van der Waals surface area contributed by atoms with Gasteiger partial charge in [-0.2, -0.15) is 13.2 Å². The van der Waals surface area contributed by atoms with Crippen molar-refractivity contribution in [1.29, 1.82) is 0 Å². The molecule has 0 bridgehead atoms. The molecule has 1 nitrogen and oxygen atoms in total. The highest BCUT2D eigenvalue weighted by atomic mass is 35.5. The molecule has 5 heteroatoms. The highest BCUT2D eigenvalue weighted by Crippen LogP contribution is 2.38. The van der Waals surface area contributed by atoms with E-state index in [0.29, 0.717) is 11.8 Å². The summed E-state index contributed by atoms with van der Waals surface area (Å²) in [7, 11) is 0. The van der Waals surface area contributed by atoms with E-state index in [0.717, 1.165) is 25.3 Å². The lowest BCUT2D eigenvalue weighted by Gasteiger charge is -2.33. The van der Waals surface area contributed by atoms with Gasteiger partial charge in [0.15, 0.2) is 0 Å². The Labute approximate surface area is 128 Å². The van der Waals surface area contributed by atoms with E-state index in [1.807, 2.05) is 0 Å². The summed E-state index contributed by atoms with van der Waals surface area (Å²) in [6.07, 6.45) is -0.307. The molecule has 1 aromatic rings. The zero-order chi connectivity index (χ0) is 15.6. The Hall–Kier alpha value is -0.900. The number of hydrogen-bond donors (Lipinski definition) is 1. The van der Waals surface area contributed by atoms with Gasteiger partial charge < -0.3 is 5.32 Å². The van der Waals surface area contributed by atoms with Crippen molar-refractivity contribution in [3.05, 3.63) is 28.8 Å². The van der Waals surface area contributed by atoms with Gasteiger partial charge in [-0.05, 0) is 42.9 Å². The van der Waals surface area contributed by atoms with E-state index in [2.05, 4.69) is 19.2 Å². The van der Waals surface area contributed by atoms with Crippen LogP contribution in [0, 0.1) is 11.8 Å². The lowest BCUT2D eigenvalue weighted by Crippen LogP contribution is -2.30. The monoisotopic (exact) mass is 319 g/mol. The smallest absolute Gasteiger partial charge is 0.382 e. The van der Waals surface area contributed by atoms with Crippen LogP contribution in [-0.2, 0) is 6.18 Å². The second-order valence-electron chi connectivity index (χ2n) is 6.20. The van der Waals surface area contributed by atoms with Crippen molar-refractivity contribution >= 4 is 17.3 Å². The Morgan fingerprint density at radius 1 is 1.24 bits per heavy atom. The second-order valence-corrected chi connectivity index (χ2v) is 6.64. The van der Waals surface area contributed by atoms with Crippen LogP contribution in [-0.4, -0.2) is 6.04 Å². The Bertz CT molecular complexity index is 485. The van der Waals surface area contributed by atoms with Crippen molar-refractivity contribution in [3.8, 4) is 0 Å². The Morgan fingerprint density at radius 2 is 1.95 bits per heavy atom. The van der Waals surface area contributed by atoms with Gasteiger partial charge in [0.25, 0.3) is 0 Å². The minimum absolute atomic E-state index is 0.105. The van der Waals surface area contributed by atoms with Crippen LogP contribution in [0.25, 0.3) is 0 Å². The van der Waals surface area contributed by atoms with Crippen molar-refractivity contribution in [2.45, 2.75) is 51.7 Å². The first-order valence-corrected chi connectivity index (χ1v) is 7.78. The SMILES string of the molecule is CC(C)C1CCCC(Nc2ccc(Cl)cc2C(F)(F)F)C1. The summed E-state index contributed by atoms with van der Waals surface area (Å²) in [6.45, 7) is 4.35. The normalized spacial score (nSPS) is 23.4. The summed E-state index contributed by atoms with van der Waals surface area (Å²) in [5.74, 6) is 1.15. The standard InChI is InChI=1S/C16H21ClF3N/c1-10(2)11-4-3-5-13(8-11)21-15-7-6-12(17)9-14(15)16(18,19)20/h6-7,9-11,13,21H,3-5,8H2,1-2H3. The molecule has 1 aliphatic rings. The van der Waals surface area contributed by atoms with E-state index in [1.165, 1.54) is 18.6 Å². The van der Waals surface area contributed by atoms with E-state index >= 15 is 0 Å². The quantitative estimate of drug-likeness (QED) is 0.722. The minimum atomic E-state index is -4.39. The third-order valence-corrected chi connectivity index (χ3v) is 4.54. The molecule has 1 fully saturated rings. The van der Waals surface area contributed by atoms with Gasteiger partial charge in [-0.1, -0.05) is 38.3 Å². The fourth-order valence-corrected chi connectivity index (χ4v) is 3.23. The molecule has 2 atom stereocenters. The molecule has 0 spiro atoms. The van der Waals surface area contributed by atoms with Crippen LogP contribution in [0.2, 0.25) is 5.02 Å². The third kappa shape index (κ3) is 4.29. The number of alkyl halides is 3.